The summed E-state index contributed by atoms with van der Waals surface area (Å²) < 4.78 is 1.31. The quantitative estimate of drug-likeness (QED) is 0.821. The molecule has 1 amide bonds. The lowest BCUT2D eigenvalue weighted by atomic mass is 9.96. The molecule has 7 nitrogen and oxygen atoms in total. The summed E-state index contributed by atoms with van der Waals surface area (Å²) >= 11 is 0. The van der Waals surface area contributed by atoms with Gasteiger partial charge in [-0.2, -0.15) is 5.10 Å². The van der Waals surface area contributed by atoms with Crippen LogP contribution in [0.2, 0.25) is 0 Å². The van der Waals surface area contributed by atoms with Crippen LogP contribution in [-0.2, 0) is 18.4 Å². The van der Waals surface area contributed by atoms with E-state index in [1.807, 2.05) is 0 Å². The first-order valence-corrected chi connectivity index (χ1v) is 11.0. The zero-order valence-electron chi connectivity index (χ0n) is 17.7. The minimum Gasteiger partial charge on any atom is -0.372 e. The monoisotopic (exact) mass is 409 g/mol. The largest absolute Gasteiger partial charge is 0.372 e. The molecule has 2 saturated heterocycles. The van der Waals surface area contributed by atoms with Crippen molar-refractivity contribution in [2.24, 2.45) is 13.0 Å². The van der Waals surface area contributed by atoms with Crippen LogP contribution in [0, 0.1) is 5.92 Å². The smallest absolute Gasteiger partial charge is 0.268 e. The summed E-state index contributed by atoms with van der Waals surface area (Å²) in [4.78, 5) is 29.2. The number of anilines is 2. The van der Waals surface area contributed by atoms with Crippen molar-refractivity contribution >= 4 is 17.3 Å². The van der Waals surface area contributed by atoms with Gasteiger partial charge in [-0.3, -0.25) is 9.59 Å². The number of nitrogens with one attached hydrogen (secondary N) is 1. The number of carbonyl (C=O) groups is 1. The van der Waals surface area contributed by atoms with Gasteiger partial charge >= 0.3 is 0 Å². The molecule has 0 spiro atoms. The van der Waals surface area contributed by atoms with Crippen LogP contribution in [0.15, 0.2) is 41.3 Å². The molecule has 2 fully saturated rings. The molecule has 1 unspecified atom stereocenters. The normalized spacial score (nSPS) is 19.6. The van der Waals surface area contributed by atoms with E-state index in [2.05, 4.69) is 44.5 Å². The minimum absolute atomic E-state index is 0.0737. The highest BCUT2D eigenvalue weighted by Gasteiger charge is 2.26. The molecule has 3 heterocycles. The molecule has 1 N–H and O–H groups in total. The van der Waals surface area contributed by atoms with E-state index in [-0.39, 0.29) is 17.4 Å². The van der Waals surface area contributed by atoms with E-state index in [9.17, 15) is 9.59 Å². The number of piperidine rings is 2. The van der Waals surface area contributed by atoms with Crippen LogP contribution < -0.4 is 20.7 Å². The van der Waals surface area contributed by atoms with Crippen molar-refractivity contribution in [2.45, 2.75) is 38.6 Å². The Kier molecular flexibility index (Phi) is 6.35. The maximum atomic E-state index is 12.8. The summed E-state index contributed by atoms with van der Waals surface area (Å²) in [7, 11) is 1.64. The molecule has 1 aromatic heterocycles. The Balaban J connectivity index is 1.31. The van der Waals surface area contributed by atoms with E-state index in [4.69, 9.17) is 0 Å². The zero-order valence-corrected chi connectivity index (χ0v) is 17.7. The number of aromatic nitrogens is 2. The second-order valence-electron chi connectivity index (χ2n) is 8.39. The molecule has 0 saturated carbocycles. The Morgan fingerprint density at radius 2 is 1.77 bits per heavy atom. The van der Waals surface area contributed by atoms with Gasteiger partial charge in [0.15, 0.2) is 0 Å². The molecule has 4 rings (SSSR count). The molecule has 2 aromatic rings. The standard InChI is InChI=1S/C23H31N5O2/c1-26-22(29)14-21(16-25-26)28-13-5-6-19(17-28)23(30)24-15-18-7-9-20(10-8-18)27-11-3-2-4-12-27/h7-10,14,16,19H,2-6,11-13,15,17H2,1H3,(H,24,30). The highest BCUT2D eigenvalue weighted by atomic mass is 16.2. The summed E-state index contributed by atoms with van der Waals surface area (Å²) in [6, 6.07) is 10.2. The van der Waals surface area contributed by atoms with Crippen molar-refractivity contribution in [2.75, 3.05) is 36.0 Å². The van der Waals surface area contributed by atoms with Gasteiger partial charge in [-0.15, -0.1) is 0 Å². The molecular weight excluding hydrogens is 378 g/mol. The maximum Gasteiger partial charge on any atom is 0.268 e. The first kappa shape index (κ1) is 20.4. The minimum atomic E-state index is -0.132. The predicted octanol–water partition coefficient (Wildman–Crippen LogP) is 2.30. The zero-order chi connectivity index (χ0) is 20.9. The van der Waals surface area contributed by atoms with Gasteiger partial charge in [0.05, 0.1) is 17.8 Å². The third-order valence-electron chi connectivity index (χ3n) is 6.24. The van der Waals surface area contributed by atoms with Crippen molar-refractivity contribution in [1.82, 2.24) is 15.1 Å². The molecule has 2 aliphatic rings. The average molecular weight is 410 g/mol. The highest BCUT2D eigenvalue weighted by molar-refractivity contribution is 5.79. The molecule has 0 bridgehead atoms. The topological polar surface area (TPSA) is 70.5 Å². The first-order valence-electron chi connectivity index (χ1n) is 11.0. The summed E-state index contributed by atoms with van der Waals surface area (Å²) in [6.45, 7) is 4.28. The molecule has 2 aliphatic heterocycles. The van der Waals surface area contributed by atoms with Crippen LogP contribution in [0.5, 0.6) is 0 Å². The van der Waals surface area contributed by atoms with Gasteiger partial charge < -0.3 is 15.1 Å². The van der Waals surface area contributed by atoms with Crippen molar-refractivity contribution in [1.29, 1.82) is 0 Å². The molecular formula is C23H31N5O2. The number of rotatable bonds is 5. The SMILES string of the molecule is Cn1ncc(N2CCCC(C(=O)NCc3ccc(N4CCCCC4)cc3)C2)cc1=O. The number of hydrogen-bond acceptors (Lipinski definition) is 5. The third kappa shape index (κ3) is 4.83. The van der Waals surface area contributed by atoms with E-state index in [1.54, 1.807) is 19.3 Å². The van der Waals surface area contributed by atoms with E-state index in [0.717, 1.165) is 43.7 Å². The van der Waals surface area contributed by atoms with Crippen molar-refractivity contribution in [3.8, 4) is 0 Å². The summed E-state index contributed by atoms with van der Waals surface area (Å²) in [5.41, 5.74) is 3.05. The van der Waals surface area contributed by atoms with Gasteiger partial charge in [-0.05, 0) is 49.8 Å². The number of benzene rings is 1. The maximum absolute atomic E-state index is 12.8. The van der Waals surface area contributed by atoms with Gasteiger partial charge in [0, 0.05) is 51.5 Å². The number of carbonyl (C=O) groups excluding carboxylic acids is 1. The second-order valence-corrected chi connectivity index (χ2v) is 8.39. The number of amides is 1. The number of hydrogen-bond donors (Lipinski definition) is 1. The second kappa shape index (κ2) is 9.32. The lowest BCUT2D eigenvalue weighted by Gasteiger charge is -2.33. The van der Waals surface area contributed by atoms with Crippen LogP contribution in [0.3, 0.4) is 0 Å². The van der Waals surface area contributed by atoms with Gasteiger partial charge in [-0.1, -0.05) is 12.1 Å². The fourth-order valence-corrected chi connectivity index (χ4v) is 4.37. The Hall–Kier alpha value is -2.83. The number of nitrogens with zero attached hydrogens (tertiary/aromatic N) is 4. The Morgan fingerprint density at radius 3 is 2.50 bits per heavy atom. The van der Waals surface area contributed by atoms with E-state index in [1.165, 1.54) is 29.6 Å². The lowest BCUT2D eigenvalue weighted by molar-refractivity contribution is -0.125. The van der Waals surface area contributed by atoms with Crippen LogP contribution in [0.25, 0.3) is 0 Å². The van der Waals surface area contributed by atoms with Crippen LogP contribution in [0.4, 0.5) is 11.4 Å². The van der Waals surface area contributed by atoms with Crippen LogP contribution in [-0.4, -0.2) is 41.9 Å². The third-order valence-corrected chi connectivity index (χ3v) is 6.24. The van der Waals surface area contributed by atoms with Crippen molar-refractivity contribution in [3.63, 3.8) is 0 Å². The molecule has 30 heavy (non-hydrogen) atoms. The van der Waals surface area contributed by atoms with Gasteiger partial charge in [0.25, 0.3) is 5.56 Å². The fraction of sp³-hybridized carbons (Fsp3) is 0.522. The van der Waals surface area contributed by atoms with Gasteiger partial charge in [0.2, 0.25) is 5.91 Å². The highest BCUT2D eigenvalue weighted by Crippen LogP contribution is 2.23. The van der Waals surface area contributed by atoms with Crippen LogP contribution >= 0.6 is 0 Å². The molecule has 0 aliphatic carbocycles. The Labute approximate surface area is 177 Å². The molecule has 1 aromatic carbocycles. The summed E-state index contributed by atoms with van der Waals surface area (Å²) in [5, 5.41) is 7.20. The van der Waals surface area contributed by atoms with E-state index in [0.29, 0.717) is 13.1 Å². The summed E-state index contributed by atoms with van der Waals surface area (Å²) in [5.74, 6) is 0.00651. The fourth-order valence-electron chi connectivity index (χ4n) is 4.37. The molecule has 1 atom stereocenters. The van der Waals surface area contributed by atoms with Gasteiger partial charge in [-0.25, -0.2) is 4.68 Å². The number of aryl methyl sites for hydroxylation is 1. The van der Waals surface area contributed by atoms with Crippen LogP contribution in [0.1, 0.15) is 37.7 Å². The lowest BCUT2D eigenvalue weighted by Crippen LogP contribution is -2.43. The van der Waals surface area contributed by atoms with E-state index >= 15 is 0 Å². The molecule has 0 radical (unpaired) electrons. The molecule has 160 valence electrons. The van der Waals surface area contributed by atoms with E-state index < -0.39 is 0 Å². The Morgan fingerprint density at radius 1 is 1.03 bits per heavy atom. The van der Waals surface area contributed by atoms with Crippen molar-refractivity contribution < 1.29 is 4.79 Å². The Bertz CT molecular complexity index is 918. The van der Waals surface area contributed by atoms with Gasteiger partial charge in [0.1, 0.15) is 0 Å². The molecule has 7 heteroatoms. The summed E-state index contributed by atoms with van der Waals surface area (Å²) in [6.07, 6.45) is 7.36. The first-order chi connectivity index (χ1) is 14.6. The predicted molar refractivity (Wildman–Crippen MR) is 119 cm³/mol. The van der Waals surface area contributed by atoms with Crippen molar-refractivity contribution in [3.05, 3.63) is 52.4 Å². The average Bonchev–Trinajstić information content (AvgIpc) is 2.80.